The summed E-state index contributed by atoms with van der Waals surface area (Å²) in [5, 5.41) is 1.01. The number of pyridine rings is 2. The molecule has 3 rings (SSSR count). The fourth-order valence-electron chi connectivity index (χ4n) is 4.34. The molecule has 7 nitrogen and oxygen atoms in total. The van der Waals surface area contributed by atoms with Crippen LogP contribution in [-0.2, 0) is 22.2 Å². The average Bonchev–Trinajstić information content (AvgIpc) is 2.73. The van der Waals surface area contributed by atoms with Crippen molar-refractivity contribution in [1.82, 2.24) is 19.4 Å². The van der Waals surface area contributed by atoms with Crippen LogP contribution in [0, 0.1) is 18.8 Å². The molecule has 0 saturated carbocycles. The summed E-state index contributed by atoms with van der Waals surface area (Å²) in [6, 6.07) is 1.82. The lowest BCUT2D eigenvalue weighted by atomic mass is 9.84. The van der Waals surface area contributed by atoms with Gasteiger partial charge in [-0.05, 0) is 46.9 Å². The number of fused-ring (bicyclic) bond motifs is 1. The van der Waals surface area contributed by atoms with E-state index in [0.717, 1.165) is 0 Å². The largest absolute Gasteiger partial charge is 0.370 e. The van der Waals surface area contributed by atoms with Gasteiger partial charge in [-0.25, -0.2) is 4.98 Å². The van der Waals surface area contributed by atoms with Crippen LogP contribution in [0.2, 0.25) is 5.15 Å². The molecule has 0 unspecified atom stereocenters. The topological polar surface area (TPSA) is 67.7 Å². The van der Waals surface area contributed by atoms with Gasteiger partial charge in [0, 0.05) is 39.1 Å². The molecular formula is C24H31ClN4O3. The van der Waals surface area contributed by atoms with Crippen LogP contribution >= 0.6 is 11.6 Å². The number of carbonyl (C=O) groups excluding carboxylic acids is 1. The molecule has 0 atom stereocenters. The SMILES string of the molecule is CCOC1(c2cc3c(Cl)nc(C)c(C#CCN(C)C)c3n(C)c2=O)CCN(C(C)=O)CC1. The number of amides is 1. The van der Waals surface area contributed by atoms with Crippen molar-refractivity contribution in [3.63, 3.8) is 0 Å². The Bertz CT molecular complexity index is 1150. The number of ether oxygens (including phenoxy) is 1. The van der Waals surface area contributed by atoms with Gasteiger partial charge in [-0.3, -0.25) is 14.5 Å². The maximum Gasteiger partial charge on any atom is 0.256 e. The van der Waals surface area contributed by atoms with E-state index in [1.54, 1.807) is 23.4 Å². The lowest BCUT2D eigenvalue weighted by Gasteiger charge is -2.41. The maximum absolute atomic E-state index is 13.6. The number of likely N-dealkylation sites (tertiary alicyclic amines) is 1. The van der Waals surface area contributed by atoms with E-state index in [0.29, 0.717) is 72.0 Å². The van der Waals surface area contributed by atoms with Gasteiger partial charge in [0.25, 0.3) is 5.56 Å². The van der Waals surface area contributed by atoms with Crippen LogP contribution in [-0.4, -0.2) is 65.6 Å². The number of aromatic nitrogens is 2. The Balaban J connectivity index is 2.22. The molecule has 3 heterocycles. The standard InChI is InChI=1S/C24H31ClN4O3/c1-7-32-24(10-13-29(14-11-24)17(3)30)20-15-19-21(28(6)23(20)31)18(9-8-12-27(4)5)16(2)26-22(19)25/h15H,7,10-14H2,1-6H3. The summed E-state index contributed by atoms with van der Waals surface area (Å²) < 4.78 is 7.82. The summed E-state index contributed by atoms with van der Waals surface area (Å²) in [6.07, 6.45) is 1.10. The molecular weight excluding hydrogens is 428 g/mol. The van der Waals surface area contributed by atoms with Crippen molar-refractivity contribution >= 4 is 28.4 Å². The van der Waals surface area contributed by atoms with Gasteiger partial charge < -0.3 is 14.2 Å². The predicted octanol–water partition coefficient (Wildman–Crippen LogP) is 2.68. The summed E-state index contributed by atoms with van der Waals surface area (Å²) in [5.74, 6) is 6.36. The highest BCUT2D eigenvalue weighted by atomic mass is 35.5. The molecule has 32 heavy (non-hydrogen) atoms. The minimum Gasteiger partial charge on any atom is -0.370 e. The number of piperidine rings is 1. The minimum atomic E-state index is -0.769. The summed E-state index contributed by atoms with van der Waals surface area (Å²) in [7, 11) is 5.64. The zero-order valence-electron chi connectivity index (χ0n) is 19.7. The van der Waals surface area contributed by atoms with E-state index in [4.69, 9.17) is 16.3 Å². The van der Waals surface area contributed by atoms with Crippen molar-refractivity contribution in [3.8, 4) is 11.8 Å². The van der Waals surface area contributed by atoms with Crippen LogP contribution in [0.3, 0.4) is 0 Å². The molecule has 0 aliphatic carbocycles. The van der Waals surface area contributed by atoms with Gasteiger partial charge in [0.15, 0.2) is 0 Å². The molecule has 0 bridgehead atoms. The third-order valence-corrected chi connectivity index (χ3v) is 6.33. The van der Waals surface area contributed by atoms with Crippen LogP contribution in [0.5, 0.6) is 0 Å². The fourth-order valence-corrected chi connectivity index (χ4v) is 4.62. The second-order valence-electron chi connectivity index (χ2n) is 8.52. The molecule has 0 radical (unpaired) electrons. The molecule has 2 aromatic heterocycles. The van der Waals surface area contributed by atoms with Crippen LogP contribution < -0.4 is 5.56 Å². The van der Waals surface area contributed by atoms with E-state index in [9.17, 15) is 9.59 Å². The summed E-state index contributed by atoms with van der Waals surface area (Å²) in [5.41, 5.74) is 1.71. The Labute approximate surface area is 194 Å². The monoisotopic (exact) mass is 458 g/mol. The van der Waals surface area contributed by atoms with Crippen LogP contribution in [0.15, 0.2) is 10.9 Å². The first-order valence-corrected chi connectivity index (χ1v) is 11.2. The molecule has 1 fully saturated rings. The molecule has 1 aliphatic rings. The van der Waals surface area contributed by atoms with E-state index < -0.39 is 5.60 Å². The molecule has 1 amide bonds. The smallest absolute Gasteiger partial charge is 0.256 e. The fraction of sp³-hybridized carbons (Fsp3) is 0.542. The van der Waals surface area contributed by atoms with Crippen LogP contribution in [0.4, 0.5) is 0 Å². The third kappa shape index (κ3) is 4.54. The van der Waals surface area contributed by atoms with E-state index in [1.807, 2.05) is 38.9 Å². The first-order valence-electron chi connectivity index (χ1n) is 10.8. The summed E-state index contributed by atoms with van der Waals surface area (Å²) in [6.45, 7) is 7.46. The molecule has 0 N–H and O–H groups in total. The van der Waals surface area contributed by atoms with Crippen molar-refractivity contribution in [1.29, 1.82) is 0 Å². The zero-order valence-corrected chi connectivity index (χ0v) is 20.5. The number of hydrogen-bond donors (Lipinski definition) is 0. The van der Waals surface area contributed by atoms with Gasteiger partial charge in [0.1, 0.15) is 10.8 Å². The third-order valence-electron chi connectivity index (χ3n) is 6.04. The second-order valence-corrected chi connectivity index (χ2v) is 8.88. The zero-order chi connectivity index (χ0) is 23.6. The first kappa shape index (κ1) is 24.2. The van der Waals surface area contributed by atoms with Crippen molar-refractivity contribution in [3.05, 3.63) is 38.4 Å². The molecule has 0 aromatic carbocycles. The van der Waals surface area contributed by atoms with E-state index in [1.165, 1.54) is 0 Å². The number of halogens is 1. The number of carbonyl (C=O) groups is 1. The van der Waals surface area contributed by atoms with Crippen LogP contribution in [0.1, 0.15) is 43.5 Å². The highest BCUT2D eigenvalue weighted by Crippen LogP contribution is 2.37. The van der Waals surface area contributed by atoms with Gasteiger partial charge in [-0.15, -0.1) is 0 Å². The minimum absolute atomic E-state index is 0.0326. The highest BCUT2D eigenvalue weighted by Gasteiger charge is 2.40. The van der Waals surface area contributed by atoms with Crippen LogP contribution in [0.25, 0.3) is 10.9 Å². The maximum atomic E-state index is 13.6. The highest BCUT2D eigenvalue weighted by molar-refractivity contribution is 6.34. The Morgan fingerprint density at radius 2 is 2.00 bits per heavy atom. The summed E-state index contributed by atoms with van der Waals surface area (Å²) in [4.78, 5) is 33.7. The number of hydrogen-bond acceptors (Lipinski definition) is 5. The molecule has 172 valence electrons. The van der Waals surface area contributed by atoms with Crippen molar-refractivity contribution in [2.45, 2.75) is 39.2 Å². The Morgan fingerprint density at radius 3 is 2.56 bits per heavy atom. The second kappa shape index (κ2) is 9.62. The Kier molecular flexibility index (Phi) is 7.29. The number of aryl methyl sites for hydroxylation is 2. The molecule has 1 aliphatic heterocycles. The first-order chi connectivity index (χ1) is 15.1. The predicted molar refractivity (Wildman–Crippen MR) is 127 cm³/mol. The lowest BCUT2D eigenvalue weighted by molar-refractivity contribution is -0.136. The number of rotatable bonds is 4. The Morgan fingerprint density at radius 1 is 1.34 bits per heavy atom. The van der Waals surface area contributed by atoms with Gasteiger partial charge in [-0.1, -0.05) is 23.4 Å². The Hall–Kier alpha value is -2.40. The molecule has 8 heteroatoms. The van der Waals surface area contributed by atoms with Gasteiger partial charge in [0.05, 0.1) is 28.9 Å². The van der Waals surface area contributed by atoms with Gasteiger partial charge >= 0.3 is 0 Å². The van der Waals surface area contributed by atoms with Gasteiger partial charge in [0.2, 0.25) is 5.91 Å². The average molecular weight is 459 g/mol. The van der Waals surface area contributed by atoms with Crippen molar-refractivity contribution in [2.75, 3.05) is 40.3 Å². The quantitative estimate of drug-likeness (QED) is 0.520. The molecule has 0 spiro atoms. The van der Waals surface area contributed by atoms with Crippen molar-refractivity contribution in [2.24, 2.45) is 7.05 Å². The molecule has 2 aromatic rings. The lowest BCUT2D eigenvalue weighted by Crippen LogP contribution is -2.48. The van der Waals surface area contributed by atoms with E-state index >= 15 is 0 Å². The summed E-state index contributed by atoms with van der Waals surface area (Å²) >= 11 is 6.56. The van der Waals surface area contributed by atoms with Gasteiger partial charge in [-0.2, -0.15) is 0 Å². The number of nitrogens with zero attached hydrogens (tertiary/aromatic N) is 4. The van der Waals surface area contributed by atoms with E-state index in [2.05, 4.69) is 16.8 Å². The normalized spacial score (nSPS) is 15.7. The van der Waals surface area contributed by atoms with E-state index in [-0.39, 0.29) is 11.5 Å². The van der Waals surface area contributed by atoms with Crippen molar-refractivity contribution < 1.29 is 9.53 Å². The molecule has 1 saturated heterocycles.